The minimum absolute atomic E-state index is 0.104. The van der Waals surface area contributed by atoms with E-state index in [9.17, 15) is 0 Å². The molecule has 1 aromatic carbocycles. The van der Waals surface area contributed by atoms with E-state index in [4.69, 9.17) is 15.0 Å². The first-order valence-corrected chi connectivity index (χ1v) is 5.85. The van der Waals surface area contributed by atoms with E-state index in [0.717, 1.165) is 11.1 Å². The summed E-state index contributed by atoms with van der Waals surface area (Å²) >= 11 is 0. The van der Waals surface area contributed by atoms with Gasteiger partial charge >= 0.3 is 0 Å². The molecule has 0 bridgehead atoms. The minimum Gasteiger partial charge on any atom is -0.384 e. The topological polar surface area (TPSA) is 61.3 Å². The summed E-state index contributed by atoms with van der Waals surface area (Å²) in [6.07, 6.45) is 0. The molecule has 0 spiro atoms. The number of benzene rings is 1. The summed E-state index contributed by atoms with van der Waals surface area (Å²) in [5.41, 5.74) is 7.66. The molecule has 4 nitrogen and oxygen atoms in total. The van der Waals surface area contributed by atoms with Crippen molar-refractivity contribution in [3.05, 3.63) is 35.9 Å². The summed E-state index contributed by atoms with van der Waals surface area (Å²) in [4.78, 5) is 0. The Kier molecular flexibility index (Phi) is 3.39. The smallest absolute Gasteiger partial charge is 0.169 e. The number of aromatic nitrogens is 1. The number of hydrogen-bond donors (Lipinski definition) is 1. The van der Waals surface area contributed by atoms with E-state index < -0.39 is 0 Å². The van der Waals surface area contributed by atoms with Gasteiger partial charge < -0.3 is 15.0 Å². The third-order valence-electron chi connectivity index (χ3n) is 2.96. The Labute approximate surface area is 107 Å². The van der Waals surface area contributed by atoms with Gasteiger partial charge in [-0.2, -0.15) is 0 Å². The predicted octanol–water partition coefficient (Wildman–Crippen LogP) is 2.85. The van der Waals surface area contributed by atoms with Crippen molar-refractivity contribution >= 4 is 5.82 Å². The highest BCUT2D eigenvalue weighted by molar-refractivity contribution is 5.65. The zero-order chi connectivity index (χ0) is 13.2. The van der Waals surface area contributed by atoms with Crippen LogP contribution in [0, 0.1) is 0 Å². The maximum atomic E-state index is 5.60. The molecule has 1 heterocycles. The van der Waals surface area contributed by atoms with Gasteiger partial charge in [0.1, 0.15) is 0 Å². The molecule has 4 heteroatoms. The Morgan fingerprint density at radius 1 is 1.33 bits per heavy atom. The minimum atomic E-state index is -0.104. The van der Waals surface area contributed by atoms with E-state index in [0.29, 0.717) is 18.2 Å². The molecule has 0 saturated heterocycles. The summed E-state index contributed by atoms with van der Waals surface area (Å²) in [5.74, 6) is 1.08. The number of rotatable bonds is 4. The van der Waals surface area contributed by atoms with Gasteiger partial charge in [-0.3, -0.25) is 0 Å². The lowest BCUT2D eigenvalue weighted by atomic mass is 9.82. The molecule has 2 N–H and O–H groups in total. The van der Waals surface area contributed by atoms with Crippen molar-refractivity contribution in [2.45, 2.75) is 19.3 Å². The number of nitrogens with zero attached hydrogens (tertiary/aromatic N) is 1. The third-order valence-corrected chi connectivity index (χ3v) is 2.96. The van der Waals surface area contributed by atoms with Gasteiger partial charge in [0.2, 0.25) is 0 Å². The third kappa shape index (κ3) is 2.38. The second kappa shape index (κ2) is 4.82. The van der Waals surface area contributed by atoms with Gasteiger partial charge in [0, 0.05) is 24.2 Å². The molecule has 0 amide bonds. The lowest BCUT2D eigenvalue weighted by Gasteiger charge is -2.26. The van der Waals surface area contributed by atoms with Crippen LogP contribution in [-0.4, -0.2) is 18.9 Å². The summed E-state index contributed by atoms with van der Waals surface area (Å²) in [6, 6.07) is 9.80. The second-order valence-corrected chi connectivity index (χ2v) is 4.98. The van der Waals surface area contributed by atoms with Crippen LogP contribution in [0.15, 0.2) is 34.9 Å². The highest BCUT2D eigenvalue weighted by Crippen LogP contribution is 2.33. The fourth-order valence-electron chi connectivity index (χ4n) is 2.14. The van der Waals surface area contributed by atoms with E-state index in [1.165, 1.54) is 0 Å². The van der Waals surface area contributed by atoms with E-state index in [1.54, 1.807) is 13.2 Å². The van der Waals surface area contributed by atoms with Crippen LogP contribution in [0.2, 0.25) is 0 Å². The van der Waals surface area contributed by atoms with Crippen molar-refractivity contribution < 1.29 is 9.26 Å². The van der Waals surface area contributed by atoms with Crippen molar-refractivity contribution in [3.8, 4) is 11.3 Å². The molecule has 2 rings (SSSR count). The van der Waals surface area contributed by atoms with Crippen molar-refractivity contribution in [1.29, 1.82) is 0 Å². The summed E-state index contributed by atoms with van der Waals surface area (Å²) in [7, 11) is 1.71. The maximum absolute atomic E-state index is 5.60. The van der Waals surface area contributed by atoms with Gasteiger partial charge in [-0.1, -0.05) is 43.3 Å². The van der Waals surface area contributed by atoms with Crippen LogP contribution >= 0.6 is 0 Å². The van der Waals surface area contributed by atoms with Crippen LogP contribution in [0.5, 0.6) is 0 Å². The van der Waals surface area contributed by atoms with E-state index in [-0.39, 0.29) is 5.41 Å². The highest BCUT2D eigenvalue weighted by atomic mass is 16.5. The largest absolute Gasteiger partial charge is 0.384 e. The van der Waals surface area contributed by atoms with Gasteiger partial charge in [-0.25, -0.2) is 0 Å². The van der Waals surface area contributed by atoms with Gasteiger partial charge in [0.05, 0.1) is 6.61 Å². The van der Waals surface area contributed by atoms with Crippen LogP contribution in [0.25, 0.3) is 11.3 Å². The van der Waals surface area contributed by atoms with E-state index in [2.05, 4.69) is 25.1 Å². The molecule has 0 fully saturated rings. The Hall–Kier alpha value is -1.81. The Balaban J connectivity index is 2.49. The normalized spacial score (nSPS) is 11.7. The molecule has 0 atom stereocenters. The Morgan fingerprint density at radius 2 is 2.06 bits per heavy atom. The molecule has 1 aromatic heterocycles. The number of anilines is 1. The second-order valence-electron chi connectivity index (χ2n) is 4.98. The van der Waals surface area contributed by atoms with Crippen molar-refractivity contribution in [2.24, 2.45) is 0 Å². The SMILES string of the molecule is COCC(C)(C)c1ccccc1-c1cc(N)no1. The average Bonchev–Trinajstić information content (AvgIpc) is 2.76. The first-order chi connectivity index (χ1) is 8.54. The zero-order valence-corrected chi connectivity index (χ0v) is 10.9. The van der Waals surface area contributed by atoms with Gasteiger partial charge in [0.15, 0.2) is 11.6 Å². The molecule has 0 aliphatic rings. The molecule has 96 valence electrons. The highest BCUT2D eigenvalue weighted by Gasteiger charge is 2.25. The fraction of sp³-hybridized carbons (Fsp3) is 0.357. The summed E-state index contributed by atoms with van der Waals surface area (Å²) in [6.45, 7) is 4.90. The molecular formula is C14H18N2O2. The summed E-state index contributed by atoms with van der Waals surface area (Å²) in [5, 5.41) is 3.73. The molecule has 0 aliphatic carbocycles. The Bertz CT molecular complexity index is 532. The molecule has 2 aromatic rings. The first kappa shape index (κ1) is 12.6. The lowest BCUT2D eigenvalue weighted by molar-refractivity contribution is 0.147. The maximum Gasteiger partial charge on any atom is 0.169 e. The van der Waals surface area contributed by atoms with Crippen molar-refractivity contribution in [1.82, 2.24) is 5.16 Å². The lowest BCUT2D eigenvalue weighted by Crippen LogP contribution is -2.24. The van der Waals surface area contributed by atoms with Gasteiger partial charge in [-0.05, 0) is 5.56 Å². The van der Waals surface area contributed by atoms with Crippen molar-refractivity contribution in [2.75, 3.05) is 19.5 Å². The van der Waals surface area contributed by atoms with Crippen LogP contribution in [-0.2, 0) is 10.2 Å². The molecular weight excluding hydrogens is 228 g/mol. The predicted molar refractivity (Wildman–Crippen MR) is 71.3 cm³/mol. The number of nitrogens with two attached hydrogens (primary N) is 1. The average molecular weight is 246 g/mol. The van der Waals surface area contributed by atoms with Crippen LogP contribution < -0.4 is 5.73 Å². The van der Waals surface area contributed by atoms with Crippen LogP contribution in [0.1, 0.15) is 19.4 Å². The zero-order valence-electron chi connectivity index (χ0n) is 10.9. The molecule has 0 aliphatic heterocycles. The van der Waals surface area contributed by atoms with Gasteiger partial charge in [-0.15, -0.1) is 0 Å². The molecule has 0 saturated carbocycles. The number of ether oxygens (including phenoxy) is 1. The quantitative estimate of drug-likeness (QED) is 0.901. The summed E-state index contributed by atoms with van der Waals surface area (Å²) < 4.78 is 10.5. The van der Waals surface area contributed by atoms with Gasteiger partial charge in [0.25, 0.3) is 0 Å². The number of nitrogen functional groups attached to an aromatic ring is 1. The van der Waals surface area contributed by atoms with E-state index >= 15 is 0 Å². The van der Waals surface area contributed by atoms with E-state index in [1.807, 2.05) is 18.2 Å². The standard InChI is InChI=1S/C14H18N2O2/c1-14(2,9-17-3)11-7-5-4-6-10(11)12-8-13(15)16-18-12/h4-8H,9H2,1-3H3,(H2,15,16). The Morgan fingerprint density at radius 3 is 2.67 bits per heavy atom. The molecule has 18 heavy (non-hydrogen) atoms. The molecule has 0 radical (unpaired) electrons. The molecule has 0 unspecified atom stereocenters. The number of hydrogen-bond acceptors (Lipinski definition) is 4. The van der Waals surface area contributed by atoms with Crippen molar-refractivity contribution in [3.63, 3.8) is 0 Å². The van der Waals surface area contributed by atoms with Crippen LogP contribution in [0.3, 0.4) is 0 Å². The monoisotopic (exact) mass is 246 g/mol. The fourth-order valence-corrected chi connectivity index (χ4v) is 2.14. The first-order valence-electron chi connectivity index (χ1n) is 5.85. The van der Waals surface area contributed by atoms with Crippen LogP contribution in [0.4, 0.5) is 5.82 Å². The number of methoxy groups -OCH3 is 1.